The summed E-state index contributed by atoms with van der Waals surface area (Å²) >= 11 is 1.84. The zero-order valence-electron chi connectivity index (χ0n) is 22.2. The molecule has 0 bridgehead atoms. The Labute approximate surface area is 246 Å². The minimum absolute atomic E-state index is 0. The number of fused-ring (bicyclic) bond motifs is 4. The quantitative estimate of drug-likeness (QED) is 0.0864. The largest absolute Gasteiger partial charge is 0.512 e. The van der Waals surface area contributed by atoms with E-state index in [4.69, 9.17) is 10.1 Å². The van der Waals surface area contributed by atoms with Gasteiger partial charge >= 0.3 is 0 Å². The molecule has 4 aromatic carbocycles. The van der Waals surface area contributed by atoms with Gasteiger partial charge in [0.05, 0.1) is 5.76 Å². The first kappa shape index (κ1) is 28.4. The molecule has 0 aliphatic rings. The maximum atomic E-state index is 10.0. The summed E-state index contributed by atoms with van der Waals surface area (Å²) in [5.41, 5.74) is 6.00. The van der Waals surface area contributed by atoms with Crippen LogP contribution in [-0.2, 0) is 24.9 Å². The first-order valence-corrected chi connectivity index (χ1v) is 13.3. The summed E-state index contributed by atoms with van der Waals surface area (Å²) in [5.74, 6) is -0.0625. The number of aromatic nitrogens is 1. The maximum Gasteiger partial charge on any atom is 0.155 e. The summed E-state index contributed by atoms with van der Waals surface area (Å²) in [5, 5.41) is 14.5. The van der Waals surface area contributed by atoms with Gasteiger partial charge in [-0.3, -0.25) is 4.79 Å². The van der Waals surface area contributed by atoms with E-state index in [1.54, 1.807) is 0 Å². The van der Waals surface area contributed by atoms with Crippen molar-refractivity contribution in [3.63, 3.8) is 0 Å². The summed E-state index contributed by atoms with van der Waals surface area (Å²) in [6, 6.07) is 31.7. The van der Waals surface area contributed by atoms with Crippen LogP contribution in [0.25, 0.3) is 53.3 Å². The van der Waals surface area contributed by atoms with Crippen LogP contribution < -0.4 is 0 Å². The molecule has 2 heterocycles. The molecule has 5 heteroatoms. The fraction of sp³-hybridized carbons (Fsp3) is 0.118. The Hall–Kier alpha value is -3.63. The molecule has 0 spiro atoms. The van der Waals surface area contributed by atoms with Gasteiger partial charge in [0.25, 0.3) is 0 Å². The number of aliphatic hydroxyl groups excluding tert-OH is 1. The zero-order valence-corrected chi connectivity index (χ0v) is 25.4. The van der Waals surface area contributed by atoms with Crippen molar-refractivity contribution in [3.8, 4) is 21.7 Å². The maximum absolute atomic E-state index is 10.0. The van der Waals surface area contributed by atoms with Crippen molar-refractivity contribution in [1.29, 1.82) is 0 Å². The molecule has 0 aliphatic carbocycles. The van der Waals surface area contributed by atoms with Crippen LogP contribution >= 0.6 is 11.3 Å². The van der Waals surface area contributed by atoms with Crippen LogP contribution in [0, 0.1) is 19.9 Å². The Bertz CT molecular complexity index is 1830. The van der Waals surface area contributed by atoms with E-state index in [0.717, 1.165) is 11.3 Å². The second-order valence-electron chi connectivity index (χ2n) is 9.48. The van der Waals surface area contributed by atoms with E-state index in [-0.39, 0.29) is 31.6 Å². The summed E-state index contributed by atoms with van der Waals surface area (Å²) in [7, 11) is 0. The van der Waals surface area contributed by atoms with Crippen LogP contribution in [0.4, 0.5) is 0 Å². The van der Waals surface area contributed by atoms with E-state index in [2.05, 4.69) is 98.8 Å². The number of benzene rings is 4. The monoisotopic (exact) mass is 707 g/mol. The van der Waals surface area contributed by atoms with Gasteiger partial charge in [0, 0.05) is 42.0 Å². The predicted molar refractivity (Wildman–Crippen MR) is 161 cm³/mol. The molecule has 0 atom stereocenters. The van der Waals surface area contributed by atoms with Crippen molar-refractivity contribution in [2.24, 2.45) is 0 Å². The molecule has 1 N–H and O–H groups in total. The average molecular weight is 707 g/mol. The predicted octanol–water partition coefficient (Wildman–Crippen LogP) is 9.39. The number of hydrogen-bond donors (Lipinski definition) is 1. The third-order valence-electron chi connectivity index (χ3n) is 6.52. The number of rotatable bonds is 3. The third-order valence-corrected chi connectivity index (χ3v) is 7.63. The number of pyridine rings is 1. The van der Waals surface area contributed by atoms with Crippen LogP contribution in [-0.4, -0.2) is 15.9 Å². The van der Waals surface area contributed by atoms with Crippen molar-refractivity contribution in [3.05, 3.63) is 114 Å². The molecule has 0 unspecified atom stereocenters. The molecule has 6 aromatic rings. The molecule has 0 saturated heterocycles. The van der Waals surface area contributed by atoms with Crippen LogP contribution in [0.15, 0.2) is 96.9 Å². The fourth-order valence-corrected chi connectivity index (χ4v) is 6.11. The first-order chi connectivity index (χ1) is 18.3. The van der Waals surface area contributed by atoms with Gasteiger partial charge in [-0.25, -0.2) is 0 Å². The molecule has 197 valence electrons. The van der Waals surface area contributed by atoms with Crippen LogP contribution in [0.2, 0.25) is 0 Å². The molecule has 1 radical (unpaired) electrons. The zero-order chi connectivity index (χ0) is 26.8. The van der Waals surface area contributed by atoms with E-state index in [1.165, 1.54) is 73.1 Å². The minimum Gasteiger partial charge on any atom is -0.512 e. The van der Waals surface area contributed by atoms with Crippen LogP contribution in [0.3, 0.4) is 0 Å². The molecule has 0 saturated carbocycles. The summed E-state index contributed by atoms with van der Waals surface area (Å²) in [6.07, 6.45) is 3.08. The van der Waals surface area contributed by atoms with Gasteiger partial charge in [-0.2, -0.15) is 0 Å². The number of ketones is 1. The molecular weight excluding hydrogens is 679 g/mol. The van der Waals surface area contributed by atoms with Gasteiger partial charge in [-0.05, 0) is 73.0 Å². The van der Waals surface area contributed by atoms with E-state index < -0.39 is 0 Å². The Morgan fingerprint density at radius 1 is 0.872 bits per heavy atom. The number of carbonyl (C=O) groups excluding carboxylic acids is 1. The number of nitrogens with zero attached hydrogens (tertiary/aromatic N) is 1. The van der Waals surface area contributed by atoms with Crippen molar-refractivity contribution < 1.29 is 30.0 Å². The smallest absolute Gasteiger partial charge is 0.155 e. The van der Waals surface area contributed by atoms with Gasteiger partial charge in [-0.15, -0.1) is 40.5 Å². The summed E-state index contributed by atoms with van der Waals surface area (Å²) in [4.78, 5) is 16.1. The molecule has 0 aliphatic heterocycles. The Morgan fingerprint density at radius 3 is 2.28 bits per heavy atom. The Kier molecular flexibility index (Phi) is 8.76. The van der Waals surface area contributed by atoms with Gasteiger partial charge in [0.1, 0.15) is 0 Å². The Balaban J connectivity index is 0.000000394. The average Bonchev–Trinajstić information content (AvgIpc) is 3.31. The van der Waals surface area contributed by atoms with E-state index in [9.17, 15) is 4.79 Å². The van der Waals surface area contributed by atoms with E-state index in [0.29, 0.717) is 0 Å². The molecule has 3 nitrogen and oxygen atoms in total. The van der Waals surface area contributed by atoms with Gasteiger partial charge in [0.15, 0.2) is 5.78 Å². The van der Waals surface area contributed by atoms with Crippen molar-refractivity contribution in [1.82, 2.24) is 4.98 Å². The summed E-state index contributed by atoms with van der Waals surface area (Å²) in [6.45, 7) is 7.22. The standard InChI is InChI=1S/C29H20NS.C5H8O2.Ir/c1-18-6-5-7-19(2)28(18)27-17-25-26(31-27)14-15-30-29(25)22-12-13-24-21(16-22)11-10-20-8-3-4-9-23(20)24;1-4(6)3-5(2)7;/h3-11,13-17H,1-2H3;3,6H,1-2H3;/q-1;;/b;4-3-;. The number of thiophene rings is 1. The molecule has 39 heavy (non-hydrogen) atoms. The first-order valence-electron chi connectivity index (χ1n) is 12.5. The van der Waals surface area contributed by atoms with Crippen LogP contribution in [0.1, 0.15) is 25.0 Å². The van der Waals surface area contributed by atoms with E-state index >= 15 is 0 Å². The van der Waals surface area contributed by atoms with Gasteiger partial charge in [0.2, 0.25) is 0 Å². The molecular formula is C34H28IrNO2S-. The van der Waals surface area contributed by atoms with Gasteiger partial charge < -0.3 is 10.1 Å². The molecule has 0 fully saturated rings. The number of carbonyl (C=O) groups is 1. The summed E-state index contributed by atoms with van der Waals surface area (Å²) < 4.78 is 1.26. The third kappa shape index (κ3) is 6.02. The number of hydrogen-bond acceptors (Lipinski definition) is 4. The van der Waals surface area contributed by atoms with Gasteiger partial charge in [-0.1, -0.05) is 65.4 Å². The fourth-order valence-electron chi connectivity index (χ4n) is 4.88. The normalized spacial score (nSPS) is 11.2. The van der Waals surface area contributed by atoms with Crippen LogP contribution in [0.5, 0.6) is 0 Å². The SMILES string of the molecule is CC(=O)/C=C(/C)O.Cc1cccc(C)c1-c1cc2c(-c3[c-]cc4c(ccc5ccccc54)c3)nccc2s1.[Ir]. The molecule has 6 rings (SSSR count). The molecule has 2 aromatic heterocycles. The number of aliphatic hydroxyl groups is 1. The number of allylic oxidation sites excluding steroid dienone is 2. The Morgan fingerprint density at radius 2 is 1.59 bits per heavy atom. The minimum atomic E-state index is -0.125. The molecule has 0 amide bonds. The number of aryl methyl sites for hydroxylation is 2. The van der Waals surface area contributed by atoms with E-state index in [1.807, 2.05) is 17.5 Å². The van der Waals surface area contributed by atoms with Crippen molar-refractivity contribution in [2.45, 2.75) is 27.7 Å². The topological polar surface area (TPSA) is 50.2 Å². The van der Waals surface area contributed by atoms with Crippen molar-refractivity contribution >= 4 is 48.8 Å². The second-order valence-corrected chi connectivity index (χ2v) is 10.6. The van der Waals surface area contributed by atoms with Crippen molar-refractivity contribution in [2.75, 3.05) is 0 Å². The second kappa shape index (κ2) is 12.0.